The Bertz CT molecular complexity index is 914. The number of aromatic nitrogens is 3. The zero-order valence-corrected chi connectivity index (χ0v) is 14.2. The van der Waals surface area contributed by atoms with Crippen molar-refractivity contribution in [1.82, 2.24) is 20.3 Å². The number of nitrogens with zero attached hydrogens (tertiary/aromatic N) is 4. The molecule has 3 aromatic rings. The van der Waals surface area contributed by atoms with E-state index in [-0.39, 0.29) is 18.6 Å². The van der Waals surface area contributed by atoms with E-state index in [1.165, 1.54) is 0 Å². The maximum Gasteiger partial charge on any atom is 0.258 e. The van der Waals surface area contributed by atoms with Gasteiger partial charge in [0.1, 0.15) is 11.8 Å². The molecule has 7 heteroatoms. The van der Waals surface area contributed by atoms with Crippen LogP contribution in [0.15, 0.2) is 60.9 Å². The largest absolute Gasteiger partial charge is 0.482 e. The molecule has 0 bridgehead atoms. The van der Waals surface area contributed by atoms with Gasteiger partial charge in [0.05, 0.1) is 29.7 Å². The number of carbonyl (C=O) groups excluding carboxylic acids is 1. The van der Waals surface area contributed by atoms with E-state index in [0.717, 1.165) is 11.3 Å². The summed E-state index contributed by atoms with van der Waals surface area (Å²) in [4.78, 5) is 12.1. The number of hydrogen-bond donors (Lipinski definition) is 1. The Kier molecular flexibility index (Phi) is 5.25. The first kappa shape index (κ1) is 17.2. The molecule has 2 aromatic carbocycles. The van der Waals surface area contributed by atoms with Gasteiger partial charge in [-0.15, -0.1) is 5.10 Å². The molecule has 7 nitrogen and oxygen atoms in total. The highest BCUT2D eigenvalue weighted by molar-refractivity contribution is 5.78. The van der Waals surface area contributed by atoms with Crippen LogP contribution in [-0.4, -0.2) is 27.5 Å². The second-order valence-electron chi connectivity index (χ2n) is 5.62. The molecule has 0 aliphatic carbocycles. The van der Waals surface area contributed by atoms with E-state index in [1.807, 2.05) is 37.3 Å². The molecule has 1 amide bonds. The van der Waals surface area contributed by atoms with Gasteiger partial charge >= 0.3 is 0 Å². The summed E-state index contributed by atoms with van der Waals surface area (Å²) >= 11 is 0. The average Bonchev–Trinajstić information content (AvgIpc) is 3.21. The number of amides is 1. The average molecular weight is 347 g/mol. The minimum absolute atomic E-state index is 0.153. The van der Waals surface area contributed by atoms with Gasteiger partial charge in [-0.25, -0.2) is 4.68 Å². The van der Waals surface area contributed by atoms with E-state index < -0.39 is 0 Å². The molecule has 0 saturated heterocycles. The number of rotatable bonds is 6. The van der Waals surface area contributed by atoms with Crippen molar-refractivity contribution in [2.24, 2.45) is 0 Å². The number of hydrogen-bond acceptors (Lipinski definition) is 5. The van der Waals surface area contributed by atoms with Crippen molar-refractivity contribution in [3.63, 3.8) is 0 Å². The van der Waals surface area contributed by atoms with Gasteiger partial charge in [-0.2, -0.15) is 5.26 Å². The third kappa shape index (κ3) is 4.05. The summed E-state index contributed by atoms with van der Waals surface area (Å²) in [6, 6.07) is 16.3. The standard InChI is InChI=1S/C19H17N5O2/c1-14(15-6-8-17(9-7-15)24-11-10-21-23-24)22-19(25)13-26-18-5-3-2-4-16(18)12-20/h2-11,14H,13H2,1H3,(H,22,25)/t14-/m0/s1. The summed E-state index contributed by atoms with van der Waals surface area (Å²) in [5.74, 6) is 0.139. The van der Waals surface area contributed by atoms with E-state index in [0.29, 0.717) is 11.3 Å². The van der Waals surface area contributed by atoms with E-state index in [2.05, 4.69) is 15.6 Å². The molecule has 0 aliphatic rings. The second kappa shape index (κ2) is 7.94. The third-order valence-electron chi connectivity index (χ3n) is 3.82. The molecule has 3 rings (SSSR count). The van der Waals surface area contributed by atoms with Crippen molar-refractivity contribution in [1.29, 1.82) is 5.26 Å². The van der Waals surface area contributed by atoms with Crippen LogP contribution in [0.25, 0.3) is 5.69 Å². The second-order valence-corrected chi connectivity index (χ2v) is 5.62. The molecule has 0 aliphatic heterocycles. The molecule has 0 radical (unpaired) electrons. The zero-order chi connectivity index (χ0) is 18.4. The molecule has 1 N–H and O–H groups in total. The fourth-order valence-electron chi connectivity index (χ4n) is 2.46. The topological polar surface area (TPSA) is 92.8 Å². The van der Waals surface area contributed by atoms with E-state index >= 15 is 0 Å². The molecular weight excluding hydrogens is 330 g/mol. The first-order chi connectivity index (χ1) is 12.7. The molecule has 1 heterocycles. The number of carbonyl (C=O) groups is 1. The van der Waals surface area contributed by atoms with E-state index in [9.17, 15) is 4.79 Å². The van der Waals surface area contributed by atoms with Crippen molar-refractivity contribution in [2.75, 3.05) is 6.61 Å². The third-order valence-corrected chi connectivity index (χ3v) is 3.82. The van der Waals surface area contributed by atoms with Gasteiger partial charge in [0.2, 0.25) is 0 Å². The van der Waals surface area contributed by atoms with E-state index in [4.69, 9.17) is 10.00 Å². The van der Waals surface area contributed by atoms with Crippen molar-refractivity contribution in [3.8, 4) is 17.5 Å². The maximum atomic E-state index is 12.1. The fourth-order valence-corrected chi connectivity index (χ4v) is 2.46. The minimum atomic E-state index is -0.259. The Labute approximate surface area is 150 Å². The van der Waals surface area contributed by atoms with Crippen LogP contribution in [0.5, 0.6) is 5.75 Å². The summed E-state index contributed by atoms with van der Waals surface area (Å²) in [6.07, 6.45) is 3.37. The molecular formula is C19H17N5O2. The Balaban J connectivity index is 1.56. The summed E-state index contributed by atoms with van der Waals surface area (Å²) < 4.78 is 7.10. The molecule has 0 spiro atoms. The monoisotopic (exact) mass is 347 g/mol. The van der Waals surface area contributed by atoms with Gasteiger partial charge in [-0.05, 0) is 36.8 Å². The summed E-state index contributed by atoms with van der Waals surface area (Å²) in [5, 5.41) is 19.6. The van der Waals surface area contributed by atoms with Crippen molar-refractivity contribution < 1.29 is 9.53 Å². The quantitative estimate of drug-likeness (QED) is 0.739. The summed E-state index contributed by atoms with van der Waals surface area (Å²) in [7, 11) is 0. The molecule has 0 fully saturated rings. The van der Waals surface area contributed by atoms with Gasteiger partial charge in [-0.3, -0.25) is 4.79 Å². The predicted octanol–water partition coefficient (Wildman–Crippen LogP) is 2.40. The lowest BCUT2D eigenvalue weighted by Crippen LogP contribution is -2.31. The molecule has 1 aromatic heterocycles. The van der Waals surface area contributed by atoms with Crippen molar-refractivity contribution in [3.05, 3.63) is 72.1 Å². The highest BCUT2D eigenvalue weighted by atomic mass is 16.5. The van der Waals surface area contributed by atoms with Crippen LogP contribution in [0.4, 0.5) is 0 Å². The van der Waals surface area contributed by atoms with E-state index in [1.54, 1.807) is 41.3 Å². The molecule has 26 heavy (non-hydrogen) atoms. The van der Waals surface area contributed by atoms with Gasteiger partial charge in [-0.1, -0.05) is 29.5 Å². The lowest BCUT2D eigenvalue weighted by Gasteiger charge is -2.15. The normalized spacial score (nSPS) is 11.4. The summed E-state index contributed by atoms with van der Waals surface area (Å²) in [6.45, 7) is 1.74. The van der Waals surface area contributed by atoms with Gasteiger partial charge in [0.15, 0.2) is 6.61 Å². The lowest BCUT2D eigenvalue weighted by molar-refractivity contribution is -0.123. The number of nitriles is 1. The Morgan fingerprint density at radius 2 is 2.04 bits per heavy atom. The first-order valence-corrected chi connectivity index (χ1v) is 8.05. The smallest absolute Gasteiger partial charge is 0.258 e. The highest BCUT2D eigenvalue weighted by Gasteiger charge is 2.11. The maximum absolute atomic E-state index is 12.1. The fraction of sp³-hybridized carbons (Fsp3) is 0.158. The van der Waals surface area contributed by atoms with Crippen LogP contribution in [0.2, 0.25) is 0 Å². The zero-order valence-electron chi connectivity index (χ0n) is 14.2. The number of benzene rings is 2. The SMILES string of the molecule is C[C@H](NC(=O)COc1ccccc1C#N)c1ccc(-n2ccnn2)cc1. The van der Waals surface area contributed by atoms with Crippen LogP contribution >= 0.6 is 0 Å². The number of nitrogens with one attached hydrogen (secondary N) is 1. The van der Waals surface area contributed by atoms with Gasteiger partial charge < -0.3 is 10.1 Å². The number of para-hydroxylation sites is 1. The Hall–Kier alpha value is -3.66. The van der Waals surface area contributed by atoms with Crippen LogP contribution in [0, 0.1) is 11.3 Å². The molecule has 1 atom stereocenters. The molecule has 0 unspecified atom stereocenters. The summed E-state index contributed by atoms with van der Waals surface area (Å²) in [5.41, 5.74) is 2.25. The van der Waals surface area contributed by atoms with Crippen LogP contribution in [-0.2, 0) is 4.79 Å². The highest BCUT2D eigenvalue weighted by Crippen LogP contribution is 2.17. The van der Waals surface area contributed by atoms with Crippen molar-refractivity contribution >= 4 is 5.91 Å². The number of ether oxygens (including phenoxy) is 1. The van der Waals surface area contributed by atoms with Gasteiger partial charge in [0, 0.05) is 0 Å². The Morgan fingerprint density at radius 1 is 1.27 bits per heavy atom. The minimum Gasteiger partial charge on any atom is -0.482 e. The van der Waals surface area contributed by atoms with Crippen LogP contribution in [0.3, 0.4) is 0 Å². The van der Waals surface area contributed by atoms with Crippen LogP contribution < -0.4 is 10.1 Å². The van der Waals surface area contributed by atoms with Gasteiger partial charge in [0.25, 0.3) is 5.91 Å². The van der Waals surface area contributed by atoms with Crippen molar-refractivity contribution in [2.45, 2.75) is 13.0 Å². The Morgan fingerprint density at radius 3 is 2.73 bits per heavy atom. The molecule has 0 saturated carbocycles. The van der Waals surface area contributed by atoms with Crippen LogP contribution in [0.1, 0.15) is 24.1 Å². The lowest BCUT2D eigenvalue weighted by atomic mass is 10.1. The molecule has 130 valence electrons. The first-order valence-electron chi connectivity index (χ1n) is 8.05. The predicted molar refractivity (Wildman–Crippen MR) is 94.6 cm³/mol.